The number of aldehydes is 1. The van der Waals surface area contributed by atoms with Crippen LogP contribution in [0, 0.1) is 0 Å². The number of amides is 1. The molecule has 2 aliphatic heterocycles. The number of carbonyl (C=O) groups excluding carboxylic acids is 2. The summed E-state index contributed by atoms with van der Waals surface area (Å²) in [7, 11) is 2.11. The van der Waals surface area contributed by atoms with Gasteiger partial charge in [-0.1, -0.05) is 74.6 Å². The van der Waals surface area contributed by atoms with Crippen LogP contribution in [0.3, 0.4) is 0 Å². The summed E-state index contributed by atoms with van der Waals surface area (Å²) in [6, 6.07) is 12.8. The molecule has 2 aliphatic rings. The van der Waals surface area contributed by atoms with Gasteiger partial charge in [0, 0.05) is 43.0 Å². The van der Waals surface area contributed by atoms with Crippen LogP contribution in [0.2, 0.25) is 0 Å². The van der Waals surface area contributed by atoms with E-state index < -0.39 is 11.2 Å². The van der Waals surface area contributed by atoms with Gasteiger partial charge in [0.2, 0.25) is 0 Å². The van der Waals surface area contributed by atoms with E-state index in [0.29, 0.717) is 31.5 Å². The van der Waals surface area contributed by atoms with Gasteiger partial charge >= 0.3 is 6.09 Å². The molecule has 230 valence electrons. The van der Waals surface area contributed by atoms with Crippen LogP contribution in [0.1, 0.15) is 95.1 Å². The van der Waals surface area contributed by atoms with Gasteiger partial charge in [-0.15, -0.1) is 0 Å². The third-order valence-corrected chi connectivity index (χ3v) is 7.15. The van der Waals surface area contributed by atoms with Gasteiger partial charge < -0.3 is 24.4 Å². The first-order chi connectivity index (χ1) is 19.5. The lowest BCUT2D eigenvalue weighted by Gasteiger charge is -2.47. The van der Waals surface area contributed by atoms with Crippen LogP contribution in [0.4, 0.5) is 4.79 Å². The minimum absolute atomic E-state index is 0.0321. The quantitative estimate of drug-likeness (QED) is 0.201. The summed E-state index contributed by atoms with van der Waals surface area (Å²) in [6.07, 6.45) is 2.70. The molecule has 1 fully saturated rings. The van der Waals surface area contributed by atoms with Crippen LogP contribution in [-0.2, 0) is 4.74 Å². The van der Waals surface area contributed by atoms with E-state index in [1.54, 1.807) is 17.0 Å². The first kappa shape index (κ1) is 36.7. The van der Waals surface area contributed by atoms with Crippen molar-refractivity contribution in [3.05, 3.63) is 59.2 Å². The second-order valence-corrected chi connectivity index (χ2v) is 11.0. The van der Waals surface area contributed by atoms with E-state index in [-0.39, 0.29) is 17.8 Å². The maximum absolute atomic E-state index is 12.5. The minimum Gasteiger partial charge on any atom is -0.508 e. The number of halogens is 1. The molecular formula is C33H51IN2O5. The van der Waals surface area contributed by atoms with E-state index in [9.17, 15) is 14.7 Å². The molecule has 1 spiro atoms. The zero-order valence-electron chi connectivity index (χ0n) is 26.5. The van der Waals surface area contributed by atoms with Crippen LogP contribution < -0.4 is 4.74 Å². The Morgan fingerprint density at radius 2 is 1.66 bits per heavy atom. The van der Waals surface area contributed by atoms with Crippen molar-refractivity contribution in [2.45, 2.75) is 84.8 Å². The molecule has 1 saturated heterocycles. The average molecular weight is 683 g/mol. The topological polar surface area (TPSA) is 79.3 Å². The molecule has 0 saturated carbocycles. The predicted molar refractivity (Wildman–Crippen MR) is 177 cm³/mol. The van der Waals surface area contributed by atoms with Crippen LogP contribution in [0.25, 0.3) is 0 Å². The summed E-state index contributed by atoms with van der Waals surface area (Å²) in [6.45, 7) is 17.4. The molecule has 1 unspecified atom stereocenters. The number of hydrogen-bond acceptors (Lipinski definition) is 6. The smallest absolute Gasteiger partial charge is 0.410 e. The average Bonchev–Trinajstić information content (AvgIpc) is 2.98. The maximum atomic E-state index is 12.5. The van der Waals surface area contributed by atoms with Crippen LogP contribution in [-0.4, -0.2) is 76.6 Å². The molecule has 2 aromatic rings. The maximum Gasteiger partial charge on any atom is 0.410 e. The summed E-state index contributed by atoms with van der Waals surface area (Å²) in [4.78, 5) is 29.5. The number of nitrogens with zero attached hydrogens (tertiary/aromatic N) is 2. The molecule has 1 N–H and O–H groups in total. The molecule has 1 atom stereocenters. The number of phenols is 1. The third kappa shape index (κ3) is 11.1. The Labute approximate surface area is 261 Å². The molecule has 0 aliphatic carbocycles. The molecular weight excluding hydrogens is 631 g/mol. The van der Waals surface area contributed by atoms with E-state index >= 15 is 0 Å². The Kier molecular flexibility index (Phi) is 15.7. The van der Waals surface area contributed by atoms with E-state index in [2.05, 4.69) is 48.4 Å². The molecule has 1 amide bonds. The fourth-order valence-corrected chi connectivity index (χ4v) is 4.72. The number of rotatable bonds is 4. The van der Waals surface area contributed by atoms with Gasteiger partial charge in [-0.05, 0) is 76.0 Å². The molecule has 0 bridgehead atoms. The van der Waals surface area contributed by atoms with Gasteiger partial charge in [-0.2, -0.15) is 0 Å². The van der Waals surface area contributed by atoms with Crippen molar-refractivity contribution < 1.29 is 24.2 Å². The Morgan fingerprint density at radius 3 is 2.12 bits per heavy atom. The normalized spacial score (nSPS) is 16.9. The number of benzene rings is 2. The molecule has 4 rings (SSSR count). The molecule has 8 heteroatoms. The Balaban J connectivity index is 0.000000737. The van der Waals surface area contributed by atoms with Crippen LogP contribution in [0.15, 0.2) is 42.5 Å². The van der Waals surface area contributed by atoms with Crippen molar-refractivity contribution in [1.29, 1.82) is 0 Å². The first-order valence-corrected chi connectivity index (χ1v) is 16.8. The Morgan fingerprint density at radius 1 is 1.10 bits per heavy atom. The first-order valence-electron chi connectivity index (χ1n) is 14.6. The lowest BCUT2D eigenvalue weighted by atomic mass is 9.74. The monoisotopic (exact) mass is 682 g/mol. The van der Waals surface area contributed by atoms with Gasteiger partial charge in [0.1, 0.15) is 29.0 Å². The highest BCUT2D eigenvalue weighted by Gasteiger charge is 2.45. The number of hydrogen-bond donors (Lipinski definition) is 1. The number of likely N-dealkylation sites (tertiary alicyclic amines) is 1. The van der Waals surface area contributed by atoms with E-state index in [0.717, 1.165) is 42.7 Å². The van der Waals surface area contributed by atoms with Crippen molar-refractivity contribution in [2.24, 2.45) is 0 Å². The van der Waals surface area contributed by atoms with Crippen molar-refractivity contribution in [1.82, 2.24) is 9.80 Å². The number of aromatic hydroxyl groups is 1. The number of fused-ring (bicyclic) bond motifs is 1. The SMILES string of the molecule is CC.CC(C)(C)OC(=O)N1CCC2(CC1)CC(c1ccc(C=O)cc1)c1cc(O)ccc1O2.CCN(C)CC.CI. The highest BCUT2D eigenvalue weighted by molar-refractivity contribution is 14.1. The number of carbonyl (C=O) groups is 2. The fourth-order valence-electron chi connectivity index (χ4n) is 4.72. The predicted octanol–water partition coefficient (Wildman–Crippen LogP) is 7.92. The number of phenolic OH excluding ortho intramolecular Hbond substituents is 1. The zero-order valence-corrected chi connectivity index (χ0v) is 28.7. The van der Waals surface area contributed by atoms with Crippen LogP contribution in [0.5, 0.6) is 11.5 Å². The number of alkyl halides is 1. The molecule has 0 aromatic heterocycles. The number of ether oxygens (including phenoxy) is 2. The summed E-state index contributed by atoms with van der Waals surface area (Å²) in [5.41, 5.74) is 1.74. The van der Waals surface area contributed by atoms with Crippen LogP contribution >= 0.6 is 22.6 Å². The standard InChI is InChI=1S/C25H29NO5.C5H13N.C2H6.CH3I/c1-24(2,3)31-23(29)26-12-10-25(11-13-26)15-21(18-6-4-17(16-27)5-7-18)20-14-19(28)8-9-22(20)30-25;1-4-6(3)5-2;2*1-2/h4-9,14,16,21,28H,10-13,15H2,1-3H3;4-5H2,1-3H3;1-2H3;1H3. The van der Waals surface area contributed by atoms with E-state index in [1.165, 1.54) is 0 Å². The third-order valence-electron chi connectivity index (χ3n) is 7.15. The molecule has 7 nitrogen and oxygen atoms in total. The van der Waals surface area contributed by atoms with Crippen molar-refractivity contribution in [2.75, 3.05) is 38.2 Å². The second kappa shape index (κ2) is 17.6. The van der Waals surface area contributed by atoms with E-state index in [4.69, 9.17) is 9.47 Å². The Hall–Kier alpha value is -2.33. The molecule has 41 heavy (non-hydrogen) atoms. The largest absolute Gasteiger partial charge is 0.508 e. The lowest BCUT2D eigenvalue weighted by molar-refractivity contribution is -0.0302. The van der Waals surface area contributed by atoms with Crippen molar-refractivity contribution in [3.63, 3.8) is 0 Å². The van der Waals surface area contributed by atoms with Crippen molar-refractivity contribution >= 4 is 35.0 Å². The summed E-state index contributed by atoms with van der Waals surface area (Å²) in [5.74, 6) is 0.997. The summed E-state index contributed by atoms with van der Waals surface area (Å²) >= 11 is 2.15. The summed E-state index contributed by atoms with van der Waals surface area (Å²) < 4.78 is 12.0. The van der Waals surface area contributed by atoms with Crippen molar-refractivity contribution in [3.8, 4) is 11.5 Å². The van der Waals surface area contributed by atoms with Gasteiger partial charge in [0.15, 0.2) is 0 Å². The van der Waals surface area contributed by atoms with Gasteiger partial charge in [-0.3, -0.25) is 4.79 Å². The van der Waals surface area contributed by atoms with Gasteiger partial charge in [0.25, 0.3) is 0 Å². The molecule has 2 aromatic carbocycles. The van der Waals surface area contributed by atoms with E-state index in [1.807, 2.05) is 69.9 Å². The van der Waals surface area contributed by atoms with Gasteiger partial charge in [0.05, 0.1) is 0 Å². The second-order valence-electron chi connectivity index (χ2n) is 11.0. The zero-order chi connectivity index (χ0) is 31.2. The molecule has 2 heterocycles. The highest BCUT2D eigenvalue weighted by Crippen LogP contribution is 2.48. The fraction of sp³-hybridized carbons (Fsp3) is 0.576. The van der Waals surface area contributed by atoms with Gasteiger partial charge in [-0.25, -0.2) is 4.79 Å². The lowest BCUT2D eigenvalue weighted by Crippen LogP contribution is -2.52. The molecule has 0 radical (unpaired) electrons. The minimum atomic E-state index is -0.521. The number of piperidine rings is 1. The summed E-state index contributed by atoms with van der Waals surface area (Å²) in [5, 5.41) is 10.1. The highest BCUT2D eigenvalue weighted by atomic mass is 127. The Bertz CT molecular complexity index is 1060.